The fraction of sp³-hybridized carbons (Fsp3) is 0.118. The zero-order valence-corrected chi connectivity index (χ0v) is 13.7. The highest BCUT2D eigenvalue weighted by molar-refractivity contribution is 8.13. The van der Waals surface area contributed by atoms with Gasteiger partial charge in [-0.05, 0) is 30.5 Å². The Balaban J connectivity index is 2.26. The molecule has 0 saturated carbocycles. The Hall–Kier alpha value is -2.60. The number of thioether (sulfide) groups is 1. The number of carbonyl (C=O) groups excluding carboxylic acids is 2. The third-order valence-corrected chi connectivity index (χ3v) is 3.63. The van der Waals surface area contributed by atoms with Gasteiger partial charge in [-0.2, -0.15) is 0 Å². The maximum absolute atomic E-state index is 12.2. The third-order valence-electron chi connectivity index (χ3n) is 3.05. The molecule has 0 saturated heterocycles. The summed E-state index contributed by atoms with van der Waals surface area (Å²) in [6, 6.07) is 15.9. The summed E-state index contributed by atoms with van der Waals surface area (Å²) >= 11 is 1.30. The summed E-state index contributed by atoms with van der Waals surface area (Å²) in [6.07, 6.45) is 1.81. The van der Waals surface area contributed by atoms with Gasteiger partial charge in [0.25, 0.3) is 11.8 Å². The Bertz CT molecular complexity index is 730. The first-order valence-corrected chi connectivity index (χ1v) is 8.18. The van der Waals surface area contributed by atoms with Gasteiger partial charge in [-0.15, -0.1) is 0 Å². The van der Waals surface area contributed by atoms with E-state index in [2.05, 4.69) is 15.6 Å². The number of para-hydroxylation sites is 1. The highest BCUT2D eigenvalue weighted by atomic mass is 32.2. The van der Waals surface area contributed by atoms with Gasteiger partial charge >= 0.3 is 0 Å². The van der Waals surface area contributed by atoms with Gasteiger partial charge in [-0.3, -0.25) is 9.59 Å². The van der Waals surface area contributed by atoms with Crippen LogP contribution in [0, 0.1) is 0 Å². The zero-order chi connectivity index (χ0) is 16.7. The molecule has 2 N–H and O–H groups in total. The Labute approximate surface area is 139 Å². The molecule has 0 bridgehead atoms. The number of amides is 2. The van der Waals surface area contributed by atoms with Crippen molar-refractivity contribution in [1.82, 2.24) is 10.6 Å². The first-order chi connectivity index (χ1) is 11.2. The van der Waals surface area contributed by atoms with E-state index in [0.29, 0.717) is 22.0 Å². The van der Waals surface area contributed by atoms with E-state index in [1.165, 1.54) is 11.8 Å². The van der Waals surface area contributed by atoms with Crippen LogP contribution in [-0.2, 0) is 0 Å². The van der Waals surface area contributed by atoms with Crippen molar-refractivity contribution in [3.8, 4) is 0 Å². The molecule has 0 heterocycles. The first-order valence-electron chi connectivity index (χ1n) is 6.96. The predicted octanol–water partition coefficient (Wildman–Crippen LogP) is 2.83. The van der Waals surface area contributed by atoms with Crippen LogP contribution in [-0.4, -0.2) is 30.3 Å². The van der Waals surface area contributed by atoms with Gasteiger partial charge in [0.05, 0.1) is 11.3 Å². The van der Waals surface area contributed by atoms with Crippen LogP contribution in [0.25, 0.3) is 0 Å². The van der Waals surface area contributed by atoms with Crippen molar-refractivity contribution in [3.63, 3.8) is 0 Å². The lowest BCUT2D eigenvalue weighted by Gasteiger charge is -2.08. The fourth-order valence-corrected chi connectivity index (χ4v) is 2.28. The predicted molar refractivity (Wildman–Crippen MR) is 94.4 cm³/mol. The number of hydrogen-bond acceptors (Lipinski definition) is 4. The van der Waals surface area contributed by atoms with Gasteiger partial charge in [0.1, 0.15) is 0 Å². The van der Waals surface area contributed by atoms with E-state index in [1.54, 1.807) is 55.6 Å². The van der Waals surface area contributed by atoms with Gasteiger partial charge < -0.3 is 10.6 Å². The summed E-state index contributed by atoms with van der Waals surface area (Å²) in [6.45, 7) is 0. The molecule has 2 aromatic rings. The van der Waals surface area contributed by atoms with Crippen LogP contribution < -0.4 is 10.6 Å². The minimum atomic E-state index is -0.240. The molecule has 0 atom stereocenters. The third kappa shape index (κ3) is 4.43. The lowest BCUT2D eigenvalue weighted by Crippen LogP contribution is -2.28. The largest absolute Gasteiger partial charge is 0.355 e. The second-order valence-corrected chi connectivity index (χ2v) is 5.33. The molecule has 0 aliphatic heterocycles. The number of carbonyl (C=O) groups is 2. The van der Waals surface area contributed by atoms with Gasteiger partial charge in [0, 0.05) is 12.6 Å². The van der Waals surface area contributed by atoms with Gasteiger partial charge in [0.15, 0.2) is 5.17 Å². The maximum Gasteiger partial charge on any atom is 0.257 e. The van der Waals surface area contributed by atoms with Gasteiger partial charge in [-0.1, -0.05) is 42.1 Å². The molecule has 0 aliphatic rings. The molecular formula is C17H17N3O2S. The molecular weight excluding hydrogens is 310 g/mol. The normalized spacial score (nSPS) is 11.0. The van der Waals surface area contributed by atoms with Crippen molar-refractivity contribution < 1.29 is 9.59 Å². The second-order valence-electron chi connectivity index (χ2n) is 4.54. The molecule has 0 radical (unpaired) electrons. The number of rotatable bonds is 3. The molecule has 0 aliphatic carbocycles. The highest BCUT2D eigenvalue weighted by Crippen LogP contribution is 2.20. The number of aliphatic imine (C=N–C) groups is 1. The minimum absolute atomic E-state index is 0.223. The number of hydrogen-bond donors (Lipinski definition) is 2. The summed E-state index contributed by atoms with van der Waals surface area (Å²) in [4.78, 5) is 28.5. The number of amidine groups is 1. The zero-order valence-electron chi connectivity index (χ0n) is 12.9. The number of nitrogens with zero attached hydrogens (tertiary/aromatic N) is 1. The molecule has 0 fully saturated rings. The smallest absolute Gasteiger partial charge is 0.257 e. The Morgan fingerprint density at radius 2 is 1.61 bits per heavy atom. The molecule has 2 amide bonds. The summed E-state index contributed by atoms with van der Waals surface area (Å²) in [7, 11) is 1.56. The van der Waals surface area contributed by atoms with Crippen molar-refractivity contribution in [3.05, 3.63) is 65.7 Å². The Morgan fingerprint density at radius 3 is 2.26 bits per heavy atom. The van der Waals surface area contributed by atoms with E-state index in [4.69, 9.17) is 0 Å². The quantitative estimate of drug-likeness (QED) is 0.673. The van der Waals surface area contributed by atoms with Crippen LogP contribution in [0.15, 0.2) is 59.6 Å². The SMILES string of the molecule is CNC(=O)c1ccccc1N=C(NC(=O)c1ccccc1)SC. The van der Waals surface area contributed by atoms with Crippen LogP contribution in [0.4, 0.5) is 5.69 Å². The first kappa shape index (κ1) is 16.8. The molecule has 118 valence electrons. The molecule has 23 heavy (non-hydrogen) atoms. The summed E-state index contributed by atoms with van der Waals surface area (Å²) in [5.74, 6) is -0.463. The van der Waals surface area contributed by atoms with E-state index >= 15 is 0 Å². The lowest BCUT2D eigenvalue weighted by molar-refractivity contribution is 0.0960. The van der Waals surface area contributed by atoms with Crippen LogP contribution >= 0.6 is 11.8 Å². The maximum atomic E-state index is 12.2. The van der Waals surface area contributed by atoms with Crippen molar-refractivity contribution in [2.75, 3.05) is 13.3 Å². The van der Waals surface area contributed by atoms with E-state index in [0.717, 1.165) is 0 Å². The van der Waals surface area contributed by atoms with Gasteiger partial charge in [-0.25, -0.2) is 4.99 Å². The molecule has 6 heteroatoms. The van der Waals surface area contributed by atoms with Gasteiger partial charge in [0.2, 0.25) is 0 Å². The summed E-state index contributed by atoms with van der Waals surface area (Å²) in [5.41, 5.74) is 1.51. The van der Waals surface area contributed by atoms with E-state index < -0.39 is 0 Å². The Morgan fingerprint density at radius 1 is 0.957 bits per heavy atom. The average Bonchev–Trinajstić information content (AvgIpc) is 2.61. The topological polar surface area (TPSA) is 70.6 Å². The number of nitrogens with one attached hydrogen (secondary N) is 2. The fourth-order valence-electron chi connectivity index (χ4n) is 1.89. The van der Waals surface area contributed by atoms with Crippen LogP contribution in [0.5, 0.6) is 0 Å². The van der Waals surface area contributed by atoms with Crippen molar-refractivity contribution in [1.29, 1.82) is 0 Å². The highest BCUT2D eigenvalue weighted by Gasteiger charge is 2.11. The summed E-state index contributed by atoms with van der Waals surface area (Å²) < 4.78 is 0. The monoisotopic (exact) mass is 327 g/mol. The summed E-state index contributed by atoms with van der Waals surface area (Å²) in [5, 5.41) is 5.76. The molecule has 0 unspecified atom stereocenters. The van der Waals surface area contributed by atoms with E-state index in [-0.39, 0.29) is 11.8 Å². The van der Waals surface area contributed by atoms with Crippen molar-refractivity contribution in [2.24, 2.45) is 4.99 Å². The van der Waals surface area contributed by atoms with Crippen molar-refractivity contribution >= 4 is 34.4 Å². The van der Waals surface area contributed by atoms with E-state index in [1.807, 2.05) is 12.3 Å². The molecule has 0 spiro atoms. The minimum Gasteiger partial charge on any atom is -0.355 e. The van der Waals surface area contributed by atoms with Crippen LogP contribution in [0.3, 0.4) is 0 Å². The molecule has 2 aromatic carbocycles. The second kappa shape index (κ2) is 8.14. The Kier molecular flexibility index (Phi) is 5.94. The standard InChI is InChI=1S/C17H17N3O2S/c1-18-16(22)13-10-6-7-11-14(13)19-17(23-2)20-15(21)12-8-4-3-5-9-12/h3-11H,1-2H3,(H,18,22)(H,19,20,21). The molecule has 5 nitrogen and oxygen atoms in total. The molecule has 0 aromatic heterocycles. The lowest BCUT2D eigenvalue weighted by atomic mass is 10.1. The van der Waals surface area contributed by atoms with E-state index in [9.17, 15) is 9.59 Å². The van der Waals surface area contributed by atoms with Crippen molar-refractivity contribution in [2.45, 2.75) is 0 Å². The van der Waals surface area contributed by atoms with Crippen LogP contribution in [0.2, 0.25) is 0 Å². The molecule has 2 rings (SSSR count). The average molecular weight is 327 g/mol. The van der Waals surface area contributed by atoms with Crippen LogP contribution in [0.1, 0.15) is 20.7 Å². The number of benzene rings is 2.